The fraction of sp³-hybridized carbons (Fsp3) is 0.471. The van der Waals surface area contributed by atoms with E-state index in [1.165, 1.54) is 12.0 Å². The Morgan fingerprint density at radius 3 is 2.49 bits per heavy atom. The molecule has 1 aromatic carbocycles. The number of benzene rings is 1. The van der Waals surface area contributed by atoms with Gasteiger partial charge in [-0.2, -0.15) is 0 Å². The molecule has 0 saturated heterocycles. The third-order valence-electron chi connectivity index (χ3n) is 8.78. The standard InChI is InChI=1S/C34H43N5O4.2ClH/c1-6-39-30-23-27(12-13-29(30)37(5)32(41)34(2,3)33(39)42)43-21-9-18-36(4)26-14-17-35-25(22-26)16-20-38-19-15-24-10-7-8-11-28(24)31(38)40;;/h12-15,17,19,22-23H,6-11,16,18,20-21H2,1-5H3;2*1H. The van der Waals surface area contributed by atoms with Gasteiger partial charge in [-0.15, -0.1) is 24.8 Å². The fourth-order valence-electron chi connectivity index (χ4n) is 6.12. The third-order valence-corrected chi connectivity index (χ3v) is 8.78. The summed E-state index contributed by atoms with van der Waals surface area (Å²) in [6.45, 7) is 7.63. The quantitative estimate of drug-likeness (QED) is 0.212. The zero-order chi connectivity index (χ0) is 30.7. The van der Waals surface area contributed by atoms with Crippen molar-refractivity contribution in [2.75, 3.05) is 48.5 Å². The average Bonchev–Trinajstić information content (AvgIpc) is 3.07. The van der Waals surface area contributed by atoms with Gasteiger partial charge in [0, 0.05) is 75.6 Å². The highest BCUT2D eigenvalue weighted by Crippen LogP contribution is 2.40. The monoisotopic (exact) mass is 657 g/mol. The minimum absolute atomic E-state index is 0. The molecule has 0 atom stereocenters. The molecule has 0 fully saturated rings. The maximum Gasteiger partial charge on any atom is 0.254 e. The molecule has 244 valence electrons. The Morgan fingerprint density at radius 1 is 0.978 bits per heavy atom. The molecule has 0 spiro atoms. The Hall–Kier alpha value is -3.56. The first kappa shape index (κ1) is 35.9. The van der Waals surface area contributed by atoms with Gasteiger partial charge in [0.25, 0.3) is 5.56 Å². The third kappa shape index (κ3) is 7.47. The van der Waals surface area contributed by atoms with Gasteiger partial charge in [0.1, 0.15) is 11.2 Å². The lowest BCUT2D eigenvalue weighted by molar-refractivity contribution is -0.137. The van der Waals surface area contributed by atoms with Crippen molar-refractivity contribution in [3.63, 3.8) is 0 Å². The number of aromatic nitrogens is 2. The van der Waals surface area contributed by atoms with Gasteiger partial charge in [-0.1, -0.05) is 0 Å². The average molecular weight is 659 g/mol. The number of ether oxygens (including phenoxy) is 1. The van der Waals surface area contributed by atoms with Gasteiger partial charge < -0.3 is 24.0 Å². The molecule has 3 heterocycles. The van der Waals surface area contributed by atoms with Crippen molar-refractivity contribution in [2.45, 2.75) is 65.8 Å². The number of anilines is 3. The van der Waals surface area contributed by atoms with E-state index in [9.17, 15) is 14.4 Å². The number of hydrogen-bond donors (Lipinski definition) is 0. The van der Waals surface area contributed by atoms with Crippen molar-refractivity contribution >= 4 is 53.7 Å². The first-order chi connectivity index (χ1) is 20.6. The van der Waals surface area contributed by atoms with E-state index < -0.39 is 5.41 Å². The first-order valence-electron chi connectivity index (χ1n) is 15.4. The zero-order valence-electron chi connectivity index (χ0n) is 26.9. The molecular weight excluding hydrogens is 613 g/mol. The number of hydrogen-bond acceptors (Lipinski definition) is 6. The maximum absolute atomic E-state index is 13.2. The van der Waals surface area contributed by atoms with Crippen LogP contribution in [0.25, 0.3) is 0 Å². The number of nitrogens with zero attached hydrogens (tertiary/aromatic N) is 5. The van der Waals surface area contributed by atoms with Gasteiger partial charge in [0.2, 0.25) is 11.8 Å². The maximum atomic E-state index is 13.2. The molecule has 2 aromatic heterocycles. The first-order valence-corrected chi connectivity index (χ1v) is 15.4. The highest BCUT2D eigenvalue weighted by molar-refractivity contribution is 6.20. The van der Waals surface area contributed by atoms with Gasteiger partial charge in [-0.25, -0.2) is 0 Å². The molecule has 3 aromatic rings. The van der Waals surface area contributed by atoms with Crippen LogP contribution in [0.15, 0.2) is 53.6 Å². The van der Waals surface area contributed by atoms with Crippen LogP contribution in [0, 0.1) is 5.41 Å². The summed E-state index contributed by atoms with van der Waals surface area (Å²) in [6, 6.07) is 11.8. The number of fused-ring (bicyclic) bond motifs is 2. The van der Waals surface area contributed by atoms with Gasteiger partial charge in [-0.3, -0.25) is 19.4 Å². The molecule has 5 rings (SSSR count). The lowest BCUT2D eigenvalue weighted by atomic mass is 9.90. The number of rotatable bonds is 10. The minimum Gasteiger partial charge on any atom is -0.493 e. The molecule has 11 heteroatoms. The van der Waals surface area contributed by atoms with E-state index in [0.29, 0.717) is 43.2 Å². The zero-order valence-corrected chi connectivity index (χ0v) is 28.5. The fourth-order valence-corrected chi connectivity index (χ4v) is 6.12. The van der Waals surface area contributed by atoms with Gasteiger partial charge in [-0.05, 0) is 88.8 Å². The Bertz CT molecular complexity index is 1570. The Morgan fingerprint density at radius 2 is 1.73 bits per heavy atom. The summed E-state index contributed by atoms with van der Waals surface area (Å²) in [5.74, 6) is 0.228. The van der Waals surface area contributed by atoms with Crippen LogP contribution < -0.4 is 25.0 Å². The molecule has 1 aliphatic heterocycles. The van der Waals surface area contributed by atoms with E-state index in [2.05, 4.69) is 29.1 Å². The predicted molar refractivity (Wildman–Crippen MR) is 185 cm³/mol. The number of amides is 2. The van der Waals surface area contributed by atoms with Crippen molar-refractivity contribution in [3.8, 4) is 5.75 Å². The Balaban J connectivity index is 0.00000276. The minimum atomic E-state index is -1.14. The normalized spacial score (nSPS) is 15.3. The molecule has 2 amide bonds. The van der Waals surface area contributed by atoms with Gasteiger partial charge >= 0.3 is 0 Å². The van der Waals surface area contributed by atoms with Crippen LogP contribution in [0.4, 0.5) is 17.1 Å². The molecule has 0 unspecified atom stereocenters. The summed E-state index contributed by atoms with van der Waals surface area (Å²) < 4.78 is 7.92. The van der Waals surface area contributed by atoms with Crippen LogP contribution >= 0.6 is 24.8 Å². The number of carbonyl (C=O) groups is 2. The lowest BCUT2D eigenvalue weighted by Gasteiger charge is -2.27. The molecule has 1 aliphatic carbocycles. The van der Waals surface area contributed by atoms with E-state index in [1.807, 2.05) is 48.1 Å². The summed E-state index contributed by atoms with van der Waals surface area (Å²) >= 11 is 0. The summed E-state index contributed by atoms with van der Waals surface area (Å²) in [6.07, 6.45) is 9.40. The summed E-state index contributed by atoms with van der Waals surface area (Å²) in [5, 5.41) is 0. The molecule has 0 radical (unpaired) electrons. The highest BCUT2D eigenvalue weighted by atomic mass is 35.5. The molecular formula is C34H45Cl2N5O4. The summed E-state index contributed by atoms with van der Waals surface area (Å²) in [7, 11) is 3.76. The largest absolute Gasteiger partial charge is 0.493 e. The van der Waals surface area contributed by atoms with Crippen LogP contribution in [0.3, 0.4) is 0 Å². The topological polar surface area (TPSA) is 88.0 Å². The number of aryl methyl sites for hydroxylation is 3. The van der Waals surface area contributed by atoms with Crippen LogP contribution in [0.2, 0.25) is 0 Å². The van der Waals surface area contributed by atoms with E-state index in [-0.39, 0.29) is 42.2 Å². The van der Waals surface area contributed by atoms with E-state index in [1.54, 1.807) is 30.7 Å². The highest BCUT2D eigenvalue weighted by Gasteiger charge is 2.45. The van der Waals surface area contributed by atoms with Gasteiger partial charge in [0.15, 0.2) is 0 Å². The second-order valence-corrected chi connectivity index (χ2v) is 12.1. The summed E-state index contributed by atoms with van der Waals surface area (Å²) in [5.41, 5.74) is 4.63. The second kappa shape index (κ2) is 15.1. The Kier molecular flexibility index (Phi) is 12.1. The molecule has 0 saturated carbocycles. The number of pyridine rings is 2. The van der Waals surface area contributed by atoms with Crippen molar-refractivity contribution in [1.29, 1.82) is 0 Å². The smallest absolute Gasteiger partial charge is 0.254 e. The van der Waals surface area contributed by atoms with E-state index >= 15 is 0 Å². The van der Waals surface area contributed by atoms with Crippen molar-refractivity contribution in [3.05, 3.63) is 76.0 Å². The molecule has 9 nitrogen and oxygen atoms in total. The van der Waals surface area contributed by atoms with Crippen LogP contribution in [0.1, 0.15) is 56.9 Å². The predicted octanol–water partition coefficient (Wildman–Crippen LogP) is 5.47. The lowest BCUT2D eigenvalue weighted by Crippen LogP contribution is -2.47. The van der Waals surface area contributed by atoms with Crippen LogP contribution in [-0.4, -0.2) is 55.2 Å². The molecule has 0 N–H and O–H groups in total. The molecule has 0 bridgehead atoms. The van der Waals surface area contributed by atoms with Crippen molar-refractivity contribution in [1.82, 2.24) is 9.55 Å². The molecule has 45 heavy (non-hydrogen) atoms. The SMILES string of the molecule is CCN1C(=O)C(C)(C)C(=O)N(C)c2ccc(OCCCN(C)c3ccnc(CCn4ccc5c(c4=O)CCCC5)c3)cc21.Cl.Cl. The van der Waals surface area contributed by atoms with E-state index in [0.717, 1.165) is 49.2 Å². The number of carbonyl (C=O) groups excluding carboxylic acids is 2. The van der Waals surface area contributed by atoms with Crippen LogP contribution in [0.5, 0.6) is 5.75 Å². The second-order valence-electron chi connectivity index (χ2n) is 12.1. The number of halogens is 2. The molecule has 2 aliphatic rings. The Labute approximate surface area is 278 Å². The summed E-state index contributed by atoms with van der Waals surface area (Å²) in [4.78, 5) is 49.1. The van der Waals surface area contributed by atoms with Crippen molar-refractivity contribution < 1.29 is 14.3 Å². The van der Waals surface area contributed by atoms with Gasteiger partial charge in [0.05, 0.1) is 18.0 Å². The van der Waals surface area contributed by atoms with Crippen LogP contribution in [-0.2, 0) is 35.4 Å². The van der Waals surface area contributed by atoms with E-state index in [4.69, 9.17) is 4.74 Å². The van der Waals surface area contributed by atoms with Crippen molar-refractivity contribution in [2.24, 2.45) is 5.41 Å².